The Balaban J connectivity index is 1.85. The molecule has 4 atom stereocenters. The summed E-state index contributed by atoms with van der Waals surface area (Å²) >= 11 is 0. The molecular weight excluding hydrogens is 262 g/mol. The summed E-state index contributed by atoms with van der Waals surface area (Å²) < 4.78 is 24.7. The quantitative estimate of drug-likeness (QED) is 0.859. The molecule has 19 heavy (non-hydrogen) atoms. The van der Waals surface area contributed by atoms with Crippen LogP contribution in [0, 0.1) is 17.8 Å². The van der Waals surface area contributed by atoms with E-state index in [9.17, 15) is 13.5 Å². The second kappa shape index (κ2) is 6.10. The number of hydrogen-bond acceptors (Lipinski definition) is 3. The summed E-state index contributed by atoms with van der Waals surface area (Å²) in [4.78, 5) is 0. The SMILES string of the molecule is CC1CCC(C(O)CC2CCCN(S(C)(=O)=O)C2)C1. The van der Waals surface area contributed by atoms with E-state index in [1.165, 1.54) is 12.7 Å². The first-order valence-electron chi connectivity index (χ1n) is 7.49. The van der Waals surface area contributed by atoms with Gasteiger partial charge in [0.1, 0.15) is 0 Å². The van der Waals surface area contributed by atoms with Gasteiger partial charge in [-0.2, -0.15) is 0 Å². The molecule has 0 bridgehead atoms. The summed E-state index contributed by atoms with van der Waals surface area (Å²) in [5, 5.41) is 10.3. The van der Waals surface area contributed by atoms with Crippen molar-refractivity contribution in [1.82, 2.24) is 4.31 Å². The number of piperidine rings is 1. The molecule has 1 aliphatic heterocycles. The molecule has 4 unspecified atom stereocenters. The maximum atomic E-state index is 11.6. The van der Waals surface area contributed by atoms with Gasteiger partial charge >= 0.3 is 0 Å². The van der Waals surface area contributed by atoms with Crippen LogP contribution in [0.3, 0.4) is 0 Å². The predicted molar refractivity (Wildman–Crippen MR) is 76.3 cm³/mol. The van der Waals surface area contributed by atoms with Gasteiger partial charge in [-0.05, 0) is 49.9 Å². The fraction of sp³-hybridized carbons (Fsp3) is 1.00. The van der Waals surface area contributed by atoms with Crippen molar-refractivity contribution < 1.29 is 13.5 Å². The predicted octanol–water partition coefficient (Wildman–Crippen LogP) is 1.85. The van der Waals surface area contributed by atoms with Crippen LogP contribution in [-0.2, 0) is 10.0 Å². The summed E-state index contributed by atoms with van der Waals surface area (Å²) in [6, 6.07) is 0. The lowest BCUT2D eigenvalue weighted by Crippen LogP contribution is -2.40. The highest BCUT2D eigenvalue weighted by atomic mass is 32.2. The van der Waals surface area contributed by atoms with Crippen molar-refractivity contribution in [2.24, 2.45) is 17.8 Å². The lowest BCUT2D eigenvalue weighted by atomic mass is 9.87. The molecule has 2 aliphatic rings. The molecule has 1 saturated carbocycles. The fourth-order valence-electron chi connectivity index (χ4n) is 3.66. The molecule has 0 spiro atoms. The van der Waals surface area contributed by atoms with E-state index >= 15 is 0 Å². The van der Waals surface area contributed by atoms with Crippen molar-refractivity contribution in [3.63, 3.8) is 0 Å². The van der Waals surface area contributed by atoms with E-state index in [1.54, 1.807) is 4.31 Å². The molecule has 0 radical (unpaired) electrons. The molecule has 0 aromatic rings. The molecule has 1 heterocycles. The maximum absolute atomic E-state index is 11.6. The Bertz CT molecular complexity index is 395. The number of nitrogens with zero attached hydrogens (tertiary/aromatic N) is 1. The lowest BCUT2D eigenvalue weighted by Gasteiger charge is -2.33. The Kier molecular flexibility index (Phi) is 4.90. The number of aliphatic hydroxyl groups is 1. The van der Waals surface area contributed by atoms with Crippen LogP contribution in [-0.4, -0.2) is 43.3 Å². The normalized spacial score (nSPS) is 35.4. The second-order valence-electron chi connectivity index (χ2n) is 6.61. The van der Waals surface area contributed by atoms with E-state index < -0.39 is 10.0 Å². The van der Waals surface area contributed by atoms with Crippen LogP contribution in [0.1, 0.15) is 45.4 Å². The van der Waals surface area contributed by atoms with Crippen LogP contribution in [0.25, 0.3) is 0 Å². The fourth-order valence-corrected chi connectivity index (χ4v) is 4.60. The Morgan fingerprint density at radius 2 is 2.05 bits per heavy atom. The largest absolute Gasteiger partial charge is 0.393 e. The molecule has 5 heteroatoms. The van der Waals surface area contributed by atoms with Crippen LogP contribution in [0.15, 0.2) is 0 Å². The zero-order valence-electron chi connectivity index (χ0n) is 12.1. The van der Waals surface area contributed by atoms with Gasteiger partial charge in [-0.25, -0.2) is 12.7 Å². The van der Waals surface area contributed by atoms with Crippen LogP contribution in [0.5, 0.6) is 0 Å². The van der Waals surface area contributed by atoms with E-state index in [4.69, 9.17) is 0 Å². The van der Waals surface area contributed by atoms with Gasteiger partial charge in [0.2, 0.25) is 10.0 Å². The van der Waals surface area contributed by atoms with E-state index in [2.05, 4.69) is 6.92 Å². The van der Waals surface area contributed by atoms with E-state index in [1.807, 2.05) is 0 Å². The molecule has 2 fully saturated rings. The minimum Gasteiger partial charge on any atom is -0.393 e. The Hall–Kier alpha value is -0.130. The second-order valence-corrected chi connectivity index (χ2v) is 8.59. The van der Waals surface area contributed by atoms with Gasteiger partial charge in [0.15, 0.2) is 0 Å². The van der Waals surface area contributed by atoms with Crippen LogP contribution < -0.4 is 0 Å². The van der Waals surface area contributed by atoms with Gasteiger partial charge < -0.3 is 5.11 Å². The summed E-state index contributed by atoms with van der Waals surface area (Å²) in [5.74, 6) is 1.50. The van der Waals surface area contributed by atoms with Gasteiger partial charge in [-0.15, -0.1) is 0 Å². The van der Waals surface area contributed by atoms with Crippen molar-refractivity contribution in [3.05, 3.63) is 0 Å². The van der Waals surface area contributed by atoms with Gasteiger partial charge in [0.05, 0.1) is 12.4 Å². The first-order valence-corrected chi connectivity index (χ1v) is 9.34. The van der Waals surface area contributed by atoms with Crippen molar-refractivity contribution in [2.45, 2.75) is 51.6 Å². The zero-order chi connectivity index (χ0) is 14.0. The molecule has 112 valence electrons. The first-order chi connectivity index (χ1) is 8.86. The lowest BCUT2D eigenvalue weighted by molar-refractivity contribution is 0.0711. The maximum Gasteiger partial charge on any atom is 0.211 e. The number of hydrogen-bond donors (Lipinski definition) is 1. The topological polar surface area (TPSA) is 57.6 Å². The smallest absolute Gasteiger partial charge is 0.211 e. The van der Waals surface area contributed by atoms with E-state index in [0.29, 0.717) is 24.9 Å². The Labute approximate surface area is 117 Å². The molecule has 0 amide bonds. The van der Waals surface area contributed by atoms with Gasteiger partial charge in [0, 0.05) is 13.1 Å². The third-order valence-corrected chi connectivity index (χ3v) is 6.07. The Morgan fingerprint density at radius 1 is 1.32 bits per heavy atom. The van der Waals surface area contributed by atoms with Gasteiger partial charge in [-0.3, -0.25) is 0 Å². The molecule has 0 aromatic heterocycles. The number of rotatable bonds is 4. The minimum absolute atomic E-state index is 0.241. The monoisotopic (exact) mass is 289 g/mol. The van der Waals surface area contributed by atoms with Gasteiger partial charge in [0.25, 0.3) is 0 Å². The molecule has 1 N–H and O–H groups in total. The molecule has 1 aliphatic carbocycles. The summed E-state index contributed by atoms with van der Waals surface area (Å²) in [6.07, 6.45) is 7.26. The van der Waals surface area contributed by atoms with Crippen LogP contribution in [0.4, 0.5) is 0 Å². The Morgan fingerprint density at radius 3 is 2.63 bits per heavy atom. The van der Waals surface area contributed by atoms with Crippen LogP contribution in [0.2, 0.25) is 0 Å². The van der Waals surface area contributed by atoms with Crippen molar-refractivity contribution in [3.8, 4) is 0 Å². The summed E-state index contributed by atoms with van der Waals surface area (Å²) in [5.41, 5.74) is 0. The number of sulfonamides is 1. The van der Waals surface area contributed by atoms with Crippen LogP contribution >= 0.6 is 0 Å². The summed E-state index contributed by atoms with van der Waals surface area (Å²) in [6.45, 7) is 3.49. The van der Waals surface area contributed by atoms with Crippen molar-refractivity contribution in [1.29, 1.82) is 0 Å². The van der Waals surface area contributed by atoms with Crippen molar-refractivity contribution >= 4 is 10.0 Å². The molecular formula is C14H27NO3S. The highest BCUT2D eigenvalue weighted by Crippen LogP contribution is 2.35. The molecule has 0 aromatic carbocycles. The highest BCUT2D eigenvalue weighted by molar-refractivity contribution is 7.88. The highest BCUT2D eigenvalue weighted by Gasteiger charge is 2.32. The first kappa shape index (κ1) is 15.3. The average molecular weight is 289 g/mol. The third-order valence-electron chi connectivity index (χ3n) is 4.81. The molecule has 1 saturated heterocycles. The molecule has 2 rings (SSSR count). The van der Waals surface area contributed by atoms with Gasteiger partial charge in [-0.1, -0.05) is 13.3 Å². The van der Waals surface area contributed by atoms with Crippen molar-refractivity contribution in [2.75, 3.05) is 19.3 Å². The average Bonchev–Trinajstić information content (AvgIpc) is 2.75. The number of aliphatic hydroxyl groups excluding tert-OH is 1. The van der Waals surface area contributed by atoms with E-state index in [0.717, 1.165) is 38.0 Å². The molecule has 4 nitrogen and oxygen atoms in total. The summed E-state index contributed by atoms with van der Waals surface area (Å²) in [7, 11) is -3.07. The minimum atomic E-state index is -3.07. The standard InChI is InChI=1S/C14H27NO3S/c1-11-5-6-13(8-11)14(16)9-12-4-3-7-15(10-12)19(2,17)18/h11-14,16H,3-10H2,1-2H3. The third kappa shape index (κ3) is 4.17. The van der Waals surface area contributed by atoms with E-state index in [-0.39, 0.29) is 6.10 Å². The zero-order valence-corrected chi connectivity index (χ0v) is 12.9.